The molecule has 0 radical (unpaired) electrons. The van der Waals surface area contributed by atoms with Crippen molar-refractivity contribution in [2.75, 3.05) is 27.2 Å². The predicted molar refractivity (Wildman–Crippen MR) is 144 cm³/mol. The highest BCUT2D eigenvalue weighted by molar-refractivity contribution is 6.42. The number of rotatable bonds is 6. The van der Waals surface area contributed by atoms with Crippen molar-refractivity contribution in [3.8, 4) is 11.5 Å². The molecule has 2 aromatic rings. The Labute approximate surface area is 227 Å². The highest BCUT2D eigenvalue weighted by atomic mass is 35.5. The molecule has 2 fully saturated rings. The second-order valence-corrected chi connectivity index (χ2v) is 11.7. The van der Waals surface area contributed by atoms with E-state index in [0.29, 0.717) is 28.6 Å². The first kappa shape index (κ1) is 25.1. The van der Waals surface area contributed by atoms with Gasteiger partial charge in [-0.2, -0.15) is 0 Å². The molecule has 196 valence electrons. The number of hydrogen-bond donors (Lipinski definition) is 1. The van der Waals surface area contributed by atoms with Gasteiger partial charge in [0.25, 0.3) is 0 Å². The minimum absolute atomic E-state index is 0.0200. The maximum Gasteiger partial charge on any atom is 0.227 e. The average Bonchev–Trinajstić information content (AvgIpc) is 3.23. The molecule has 1 amide bonds. The summed E-state index contributed by atoms with van der Waals surface area (Å²) in [5, 5.41) is 13.5. The van der Waals surface area contributed by atoms with Crippen LogP contribution in [0.15, 0.2) is 43.0 Å². The summed E-state index contributed by atoms with van der Waals surface area (Å²) >= 11 is 12.3. The van der Waals surface area contributed by atoms with Crippen molar-refractivity contribution in [1.29, 1.82) is 0 Å². The normalized spacial score (nSPS) is 31.3. The molecule has 1 saturated heterocycles. The van der Waals surface area contributed by atoms with Gasteiger partial charge in [0.15, 0.2) is 11.5 Å². The molecule has 2 aliphatic carbocycles. The number of ether oxygens (including phenoxy) is 2. The van der Waals surface area contributed by atoms with Crippen LogP contribution in [-0.4, -0.2) is 71.8 Å². The zero-order valence-electron chi connectivity index (χ0n) is 21.2. The quantitative estimate of drug-likeness (QED) is 0.547. The standard InChI is InChI=1S/C29H32Cl2N2O4/c1-4-12-33-13-11-28-25-18-6-8-22(36-3)26(25)37-27(28)21(9-10-29(28,35)23(33)16-18)32(2)24(34)15-17-5-7-19(30)20(31)14-17/h4-8,14,21,23,27,35H,1,9-13,15-16H2,2-3H3/t21-,23-,27-,28+,29-/m1/s1. The fourth-order valence-corrected chi connectivity index (χ4v) is 7.99. The number of amides is 1. The molecule has 1 N–H and O–H groups in total. The molecular formula is C29H32Cl2N2O4. The second kappa shape index (κ2) is 8.91. The average molecular weight is 543 g/mol. The van der Waals surface area contributed by atoms with E-state index >= 15 is 0 Å². The smallest absolute Gasteiger partial charge is 0.227 e. The minimum atomic E-state index is -0.965. The lowest BCUT2D eigenvalue weighted by molar-refractivity contribution is -0.198. The van der Waals surface area contributed by atoms with Gasteiger partial charge >= 0.3 is 0 Å². The number of benzene rings is 2. The Bertz CT molecular complexity index is 1280. The number of likely N-dealkylation sites (N-methyl/N-ethyl adjacent to an activating group) is 1. The van der Waals surface area contributed by atoms with Crippen LogP contribution in [0.5, 0.6) is 11.5 Å². The van der Waals surface area contributed by atoms with Gasteiger partial charge in [-0.1, -0.05) is 41.4 Å². The van der Waals surface area contributed by atoms with Crippen LogP contribution >= 0.6 is 23.2 Å². The Morgan fingerprint density at radius 2 is 2.11 bits per heavy atom. The molecular weight excluding hydrogens is 511 g/mol. The lowest BCUT2D eigenvalue weighted by Gasteiger charge is -2.64. The van der Waals surface area contributed by atoms with Crippen molar-refractivity contribution in [2.45, 2.75) is 61.3 Å². The number of nitrogens with zero attached hydrogens (tertiary/aromatic N) is 2. The summed E-state index contributed by atoms with van der Waals surface area (Å²) in [5.74, 6) is 1.39. The van der Waals surface area contributed by atoms with E-state index in [4.69, 9.17) is 32.7 Å². The zero-order valence-corrected chi connectivity index (χ0v) is 22.7. The summed E-state index contributed by atoms with van der Waals surface area (Å²) in [6.07, 6.45) is 4.51. The third kappa shape index (κ3) is 3.42. The predicted octanol–water partition coefficient (Wildman–Crippen LogP) is 4.41. The fraction of sp³-hybridized carbons (Fsp3) is 0.483. The first-order valence-corrected chi connectivity index (χ1v) is 13.6. The minimum Gasteiger partial charge on any atom is -0.493 e. The highest BCUT2D eigenvalue weighted by Gasteiger charge is 2.73. The number of aliphatic hydroxyl groups is 1. The largest absolute Gasteiger partial charge is 0.493 e. The van der Waals surface area contributed by atoms with E-state index in [0.717, 1.165) is 42.8 Å². The van der Waals surface area contributed by atoms with Gasteiger partial charge in [0.2, 0.25) is 5.91 Å². The van der Waals surface area contributed by atoms with Gasteiger partial charge in [-0.25, -0.2) is 0 Å². The highest BCUT2D eigenvalue weighted by Crippen LogP contribution is 2.65. The van der Waals surface area contributed by atoms with Crippen LogP contribution in [-0.2, 0) is 23.1 Å². The molecule has 0 unspecified atom stereocenters. The number of piperidine rings is 1. The number of carbonyl (C=O) groups excluding carboxylic acids is 1. The molecule has 0 aromatic heterocycles. The first-order chi connectivity index (χ1) is 17.7. The van der Waals surface area contributed by atoms with Crippen LogP contribution in [0.4, 0.5) is 0 Å². The summed E-state index contributed by atoms with van der Waals surface area (Å²) in [6, 6.07) is 9.16. The summed E-state index contributed by atoms with van der Waals surface area (Å²) in [4.78, 5) is 17.7. The van der Waals surface area contributed by atoms with Gasteiger partial charge in [0.1, 0.15) is 6.10 Å². The first-order valence-electron chi connectivity index (χ1n) is 12.9. The van der Waals surface area contributed by atoms with Crippen molar-refractivity contribution >= 4 is 29.1 Å². The zero-order chi connectivity index (χ0) is 26.1. The SMILES string of the molecule is C=CCN1CC[C@]23c4c5ccc(OC)c4O[C@@H]2[C@H](N(C)C(=O)Cc2ccc(Cl)c(Cl)c2)CC[C@@]3(O)[C@H]1C5. The Morgan fingerprint density at radius 1 is 1.30 bits per heavy atom. The maximum absolute atomic E-state index is 13.5. The van der Waals surface area contributed by atoms with Crippen molar-refractivity contribution in [1.82, 2.24) is 9.80 Å². The number of carbonyl (C=O) groups is 1. The topological polar surface area (TPSA) is 62.2 Å². The number of methoxy groups -OCH3 is 1. The van der Waals surface area contributed by atoms with Crippen LogP contribution < -0.4 is 9.47 Å². The third-order valence-electron chi connectivity index (χ3n) is 9.34. The van der Waals surface area contributed by atoms with E-state index in [-0.39, 0.29) is 30.5 Å². The Morgan fingerprint density at radius 3 is 2.84 bits per heavy atom. The van der Waals surface area contributed by atoms with Crippen LogP contribution in [0.2, 0.25) is 10.0 Å². The number of hydrogen-bond acceptors (Lipinski definition) is 5. The molecule has 1 saturated carbocycles. The van der Waals surface area contributed by atoms with Crippen molar-refractivity contribution in [3.05, 3.63) is 69.7 Å². The van der Waals surface area contributed by atoms with Crippen molar-refractivity contribution in [3.63, 3.8) is 0 Å². The monoisotopic (exact) mass is 542 g/mol. The van der Waals surface area contributed by atoms with Crippen molar-refractivity contribution < 1.29 is 19.4 Å². The lowest BCUT2D eigenvalue weighted by Crippen LogP contribution is -2.78. The molecule has 2 aromatic carbocycles. The Kier molecular flexibility index (Phi) is 6.03. The van der Waals surface area contributed by atoms with Gasteiger partial charge in [-0.05, 0) is 61.6 Å². The van der Waals surface area contributed by atoms with Gasteiger partial charge < -0.3 is 19.5 Å². The molecule has 2 heterocycles. The van der Waals surface area contributed by atoms with Gasteiger partial charge in [-0.15, -0.1) is 6.58 Å². The van der Waals surface area contributed by atoms with Crippen LogP contribution in [0.25, 0.3) is 0 Å². The number of halogens is 2. The summed E-state index contributed by atoms with van der Waals surface area (Å²) in [5.41, 5.74) is 1.53. The maximum atomic E-state index is 13.5. The van der Waals surface area contributed by atoms with E-state index in [2.05, 4.69) is 17.5 Å². The lowest BCUT2D eigenvalue weighted by atomic mass is 9.48. The Hall–Kier alpha value is -2.25. The van der Waals surface area contributed by atoms with E-state index in [1.807, 2.05) is 30.2 Å². The molecule has 4 aliphatic rings. The summed E-state index contributed by atoms with van der Waals surface area (Å²) in [7, 11) is 3.50. The molecule has 37 heavy (non-hydrogen) atoms. The summed E-state index contributed by atoms with van der Waals surface area (Å²) in [6.45, 7) is 5.52. The van der Waals surface area contributed by atoms with Crippen LogP contribution in [0.3, 0.4) is 0 Å². The second-order valence-electron chi connectivity index (χ2n) is 10.9. The number of likely N-dealkylation sites (tertiary alicyclic amines) is 1. The van der Waals surface area contributed by atoms with Gasteiger partial charge in [-0.3, -0.25) is 9.69 Å². The van der Waals surface area contributed by atoms with Gasteiger partial charge in [0, 0.05) is 25.2 Å². The van der Waals surface area contributed by atoms with Crippen LogP contribution in [0.1, 0.15) is 36.0 Å². The molecule has 2 aliphatic heterocycles. The molecule has 1 spiro atoms. The van der Waals surface area contributed by atoms with Crippen LogP contribution in [0, 0.1) is 0 Å². The molecule has 6 rings (SSSR count). The van der Waals surface area contributed by atoms with E-state index in [9.17, 15) is 9.90 Å². The van der Waals surface area contributed by atoms with Gasteiger partial charge in [0.05, 0.1) is 40.6 Å². The molecule has 2 bridgehead atoms. The Balaban J connectivity index is 1.39. The van der Waals surface area contributed by atoms with E-state index < -0.39 is 11.0 Å². The third-order valence-corrected chi connectivity index (χ3v) is 10.1. The fourth-order valence-electron chi connectivity index (χ4n) is 7.67. The van der Waals surface area contributed by atoms with E-state index in [1.165, 1.54) is 5.56 Å². The molecule has 6 nitrogen and oxygen atoms in total. The van der Waals surface area contributed by atoms with E-state index in [1.54, 1.807) is 19.2 Å². The molecule has 8 heteroatoms. The summed E-state index contributed by atoms with van der Waals surface area (Å²) < 4.78 is 12.5. The molecule has 5 atom stereocenters. The van der Waals surface area contributed by atoms with Crippen molar-refractivity contribution in [2.24, 2.45) is 0 Å².